The van der Waals surface area contributed by atoms with Crippen LogP contribution in [0.5, 0.6) is 5.75 Å². The number of anilines is 2. The molecule has 0 radical (unpaired) electrons. The third-order valence-corrected chi connectivity index (χ3v) is 4.42. The van der Waals surface area contributed by atoms with Crippen LogP contribution in [-0.4, -0.2) is 12.8 Å². The Bertz CT molecular complexity index is 796. The minimum Gasteiger partial charge on any atom is -0.493 e. The first kappa shape index (κ1) is 17.5. The Morgan fingerprint density at radius 1 is 0.920 bits per heavy atom. The average molecular weight is 442 g/mol. The van der Waals surface area contributed by atoms with E-state index in [1.807, 2.05) is 90.9 Å². The van der Waals surface area contributed by atoms with Gasteiger partial charge in [-0.3, -0.25) is 0 Å². The molecule has 0 aliphatic carbocycles. The fourth-order valence-electron chi connectivity index (χ4n) is 2.42. The Morgan fingerprint density at radius 2 is 1.52 bits per heavy atom. The molecule has 0 aliphatic rings. The summed E-state index contributed by atoms with van der Waals surface area (Å²) in [5, 5.41) is 6.65. The smallest absolute Gasteiger partial charge is 0.132 e. The number of hydrogen-bond donors (Lipinski definition) is 0. The maximum atomic E-state index is 5.59. The molecule has 0 aromatic heterocycles. The van der Waals surface area contributed by atoms with Crippen LogP contribution in [0.25, 0.3) is 0 Å². The molecule has 0 amide bonds. The molecule has 0 heterocycles. The molecule has 0 unspecified atom stereocenters. The van der Waals surface area contributed by atoms with Gasteiger partial charge in [-0.2, -0.15) is 5.10 Å². The number of halogens is 1. The highest BCUT2D eigenvalue weighted by Crippen LogP contribution is 2.26. The zero-order chi connectivity index (χ0) is 17.5. The molecule has 126 valence electrons. The zero-order valence-corrected chi connectivity index (χ0v) is 16.1. The van der Waals surface area contributed by atoms with E-state index in [4.69, 9.17) is 9.84 Å². The highest BCUT2D eigenvalue weighted by Gasteiger charge is 2.07. The molecule has 3 rings (SSSR count). The summed E-state index contributed by atoms with van der Waals surface area (Å²) in [5.74, 6) is 0.906. The van der Waals surface area contributed by atoms with Gasteiger partial charge in [-0.15, -0.1) is 0 Å². The number of hydrazone groups is 1. The second-order valence-corrected chi connectivity index (χ2v) is 6.51. The Labute approximate surface area is 162 Å². The lowest BCUT2D eigenvalue weighted by Gasteiger charge is -2.19. The number of hydrogen-bond acceptors (Lipinski definition) is 3. The predicted molar refractivity (Wildman–Crippen MR) is 113 cm³/mol. The fourth-order valence-corrected chi connectivity index (χ4v) is 3.11. The lowest BCUT2D eigenvalue weighted by Crippen LogP contribution is -2.09. The maximum absolute atomic E-state index is 5.59. The van der Waals surface area contributed by atoms with Gasteiger partial charge >= 0.3 is 0 Å². The minimum atomic E-state index is 0.666. The molecule has 0 saturated heterocycles. The topological polar surface area (TPSA) is 24.8 Å². The SMILES string of the molecule is CCOc1ccc(/C=N\N(c2ccccc2)c2ccccc2)cc1I. The Kier molecular flexibility index (Phi) is 6.06. The van der Waals surface area contributed by atoms with Crippen molar-refractivity contribution in [3.63, 3.8) is 0 Å². The van der Waals surface area contributed by atoms with Gasteiger partial charge in [0.2, 0.25) is 0 Å². The summed E-state index contributed by atoms with van der Waals surface area (Å²) in [6.07, 6.45) is 1.87. The Balaban J connectivity index is 1.90. The van der Waals surface area contributed by atoms with Crippen molar-refractivity contribution in [1.29, 1.82) is 0 Å². The van der Waals surface area contributed by atoms with E-state index in [-0.39, 0.29) is 0 Å². The second kappa shape index (κ2) is 8.67. The summed E-state index contributed by atoms with van der Waals surface area (Å²) in [4.78, 5) is 0. The van der Waals surface area contributed by atoms with Crippen molar-refractivity contribution in [2.45, 2.75) is 6.92 Å². The van der Waals surface area contributed by atoms with Crippen molar-refractivity contribution >= 4 is 40.2 Å². The van der Waals surface area contributed by atoms with Crippen LogP contribution in [0, 0.1) is 3.57 Å². The third kappa shape index (κ3) is 4.60. The molecule has 0 N–H and O–H groups in total. The second-order valence-electron chi connectivity index (χ2n) is 5.35. The van der Waals surface area contributed by atoms with Crippen LogP contribution in [-0.2, 0) is 0 Å². The van der Waals surface area contributed by atoms with Crippen LogP contribution in [0.4, 0.5) is 11.4 Å². The van der Waals surface area contributed by atoms with E-state index < -0.39 is 0 Å². The molecule has 3 aromatic carbocycles. The molecule has 0 aliphatic heterocycles. The molecule has 0 bridgehead atoms. The average Bonchev–Trinajstić information content (AvgIpc) is 2.66. The fraction of sp³-hybridized carbons (Fsp3) is 0.0952. The molecule has 3 nitrogen and oxygen atoms in total. The van der Waals surface area contributed by atoms with Crippen LogP contribution >= 0.6 is 22.6 Å². The maximum Gasteiger partial charge on any atom is 0.132 e. The number of rotatable bonds is 6. The minimum absolute atomic E-state index is 0.666. The normalized spacial score (nSPS) is 10.8. The van der Waals surface area contributed by atoms with Gasteiger partial charge in [0.15, 0.2) is 0 Å². The van der Waals surface area contributed by atoms with Gasteiger partial charge in [0.25, 0.3) is 0 Å². The monoisotopic (exact) mass is 442 g/mol. The van der Waals surface area contributed by atoms with Gasteiger partial charge in [0.05, 0.1) is 27.8 Å². The van der Waals surface area contributed by atoms with Gasteiger partial charge in [-0.05, 0) is 77.5 Å². The predicted octanol–water partition coefficient (Wildman–Crippen LogP) is 5.86. The molecule has 25 heavy (non-hydrogen) atoms. The van der Waals surface area contributed by atoms with Crippen molar-refractivity contribution in [3.8, 4) is 5.75 Å². The molecule has 0 fully saturated rings. The summed E-state index contributed by atoms with van der Waals surface area (Å²) < 4.78 is 6.67. The van der Waals surface area contributed by atoms with Crippen LogP contribution in [0.15, 0.2) is 84.0 Å². The molecule has 0 spiro atoms. The van der Waals surface area contributed by atoms with E-state index in [0.717, 1.165) is 26.3 Å². The van der Waals surface area contributed by atoms with E-state index >= 15 is 0 Å². The van der Waals surface area contributed by atoms with E-state index in [9.17, 15) is 0 Å². The van der Waals surface area contributed by atoms with Crippen molar-refractivity contribution in [2.75, 3.05) is 11.6 Å². The van der Waals surface area contributed by atoms with Crippen LogP contribution in [0.1, 0.15) is 12.5 Å². The molecule has 4 heteroatoms. The highest BCUT2D eigenvalue weighted by atomic mass is 127. The summed E-state index contributed by atoms with van der Waals surface area (Å²) >= 11 is 2.29. The van der Waals surface area contributed by atoms with Gasteiger partial charge in [0.1, 0.15) is 5.75 Å². The number of benzene rings is 3. The Morgan fingerprint density at radius 3 is 2.04 bits per heavy atom. The van der Waals surface area contributed by atoms with Gasteiger partial charge in [-0.25, -0.2) is 5.01 Å². The van der Waals surface area contributed by atoms with Gasteiger partial charge in [-0.1, -0.05) is 36.4 Å². The van der Waals surface area contributed by atoms with Crippen LogP contribution in [0.3, 0.4) is 0 Å². The van der Waals surface area contributed by atoms with Gasteiger partial charge < -0.3 is 4.74 Å². The molecular weight excluding hydrogens is 423 g/mol. The first-order valence-electron chi connectivity index (χ1n) is 8.14. The number of ether oxygens (including phenoxy) is 1. The van der Waals surface area contributed by atoms with Crippen LogP contribution in [0.2, 0.25) is 0 Å². The van der Waals surface area contributed by atoms with E-state index in [1.165, 1.54) is 0 Å². The number of para-hydroxylation sites is 2. The first-order valence-corrected chi connectivity index (χ1v) is 9.22. The lowest BCUT2D eigenvalue weighted by atomic mass is 10.2. The Hall–Kier alpha value is -2.34. The van der Waals surface area contributed by atoms with Crippen LogP contribution < -0.4 is 9.75 Å². The van der Waals surface area contributed by atoms with Crippen molar-refractivity contribution in [1.82, 2.24) is 0 Å². The quantitative estimate of drug-likeness (QED) is 0.271. The summed E-state index contributed by atoms with van der Waals surface area (Å²) in [7, 11) is 0. The van der Waals surface area contributed by atoms with E-state index in [1.54, 1.807) is 0 Å². The molecule has 3 aromatic rings. The molecule has 0 saturated carbocycles. The van der Waals surface area contributed by atoms with Crippen molar-refractivity contribution in [2.24, 2.45) is 5.10 Å². The summed E-state index contributed by atoms with van der Waals surface area (Å²) in [5.41, 5.74) is 3.07. The standard InChI is InChI=1S/C21H19IN2O/c1-2-25-21-14-13-17(15-20(21)22)16-23-24(18-9-5-3-6-10-18)19-11-7-4-8-12-19/h3-16H,2H2,1H3/b23-16-. The third-order valence-electron chi connectivity index (χ3n) is 3.58. The largest absolute Gasteiger partial charge is 0.493 e. The zero-order valence-electron chi connectivity index (χ0n) is 14.0. The van der Waals surface area contributed by atoms with E-state index in [2.05, 4.69) is 28.7 Å². The lowest BCUT2D eigenvalue weighted by molar-refractivity contribution is 0.338. The molecule has 0 atom stereocenters. The van der Waals surface area contributed by atoms with Gasteiger partial charge in [0, 0.05) is 0 Å². The molecular formula is C21H19IN2O. The van der Waals surface area contributed by atoms with E-state index in [0.29, 0.717) is 6.61 Å². The number of nitrogens with zero attached hydrogens (tertiary/aromatic N) is 2. The van der Waals surface area contributed by atoms with Crippen molar-refractivity contribution < 1.29 is 4.74 Å². The summed E-state index contributed by atoms with van der Waals surface area (Å²) in [6, 6.07) is 26.3. The first-order chi connectivity index (χ1) is 12.3. The summed E-state index contributed by atoms with van der Waals surface area (Å²) in [6.45, 7) is 2.66. The highest BCUT2D eigenvalue weighted by molar-refractivity contribution is 14.1. The van der Waals surface area contributed by atoms with Crippen molar-refractivity contribution in [3.05, 3.63) is 88.0 Å².